The lowest BCUT2D eigenvalue weighted by Gasteiger charge is -2.37. The summed E-state index contributed by atoms with van der Waals surface area (Å²) in [5.74, 6) is 0.650. The van der Waals surface area contributed by atoms with Crippen molar-refractivity contribution in [2.45, 2.75) is 18.5 Å². The van der Waals surface area contributed by atoms with Crippen LogP contribution in [0.5, 0.6) is 0 Å². The number of halogens is 2. The summed E-state index contributed by atoms with van der Waals surface area (Å²) < 4.78 is 0. The molecular formula is C17H20Cl2N2. The van der Waals surface area contributed by atoms with Crippen LogP contribution in [0.1, 0.15) is 29.6 Å². The first-order chi connectivity index (χ1) is 9.43. The first kappa shape index (κ1) is 16.2. The summed E-state index contributed by atoms with van der Waals surface area (Å²) in [7, 11) is 0. The molecule has 21 heavy (non-hydrogen) atoms. The molecule has 2 aliphatic heterocycles. The number of nitrogens with one attached hydrogen (secondary N) is 2. The van der Waals surface area contributed by atoms with Crippen LogP contribution in [-0.4, -0.2) is 6.54 Å². The van der Waals surface area contributed by atoms with Crippen molar-refractivity contribution in [3.05, 3.63) is 65.7 Å². The van der Waals surface area contributed by atoms with Crippen molar-refractivity contribution in [1.82, 2.24) is 5.32 Å². The van der Waals surface area contributed by atoms with Crippen LogP contribution in [0.3, 0.4) is 0 Å². The number of hydrogen-bond acceptors (Lipinski definition) is 2. The molecule has 2 aromatic rings. The molecule has 0 aliphatic carbocycles. The molecule has 0 spiro atoms. The molecule has 4 heteroatoms. The summed E-state index contributed by atoms with van der Waals surface area (Å²) in [6.07, 6.45) is 1.24. The van der Waals surface area contributed by atoms with Crippen LogP contribution in [-0.2, 0) is 0 Å². The van der Waals surface area contributed by atoms with E-state index in [1.54, 1.807) is 0 Å². The highest BCUT2D eigenvalue weighted by Crippen LogP contribution is 2.46. The molecule has 2 heterocycles. The monoisotopic (exact) mass is 322 g/mol. The Balaban J connectivity index is 0.000000807. The minimum atomic E-state index is 0. The molecule has 0 radical (unpaired) electrons. The average molecular weight is 323 g/mol. The molecule has 1 fully saturated rings. The van der Waals surface area contributed by atoms with E-state index in [-0.39, 0.29) is 24.8 Å². The quantitative estimate of drug-likeness (QED) is 0.815. The lowest BCUT2D eigenvalue weighted by molar-refractivity contribution is 0.391. The molecule has 3 unspecified atom stereocenters. The summed E-state index contributed by atoms with van der Waals surface area (Å²) in [6.45, 7) is 1.12. The van der Waals surface area contributed by atoms with Gasteiger partial charge < -0.3 is 10.6 Å². The van der Waals surface area contributed by atoms with Gasteiger partial charge in [0.1, 0.15) is 0 Å². The van der Waals surface area contributed by atoms with Crippen LogP contribution in [0.4, 0.5) is 5.69 Å². The highest BCUT2D eigenvalue weighted by molar-refractivity contribution is 5.85. The van der Waals surface area contributed by atoms with Crippen molar-refractivity contribution in [2.75, 3.05) is 11.9 Å². The maximum atomic E-state index is 3.74. The Kier molecular flexibility index (Phi) is 5.15. The van der Waals surface area contributed by atoms with E-state index in [4.69, 9.17) is 0 Å². The molecule has 0 bridgehead atoms. The lowest BCUT2D eigenvalue weighted by atomic mass is 9.80. The second-order valence-corrected chi connectivity index (χ2v) is 5.50. The van der Waals surface area contributed by atoms with Crippen LogP contribution in [0.2, 0.25) is 0 Å². The standard InChI is InChI=1S/C17H18N2.2ClH/c1-2-6-12(7-3-1)16-14-10-11-18-17(14)13-8-4-5-9-15(13)19-16;;/h1-9,14,16-19H,10-11H2;2*1H. The van der Waals surface area contributed by atoms with E-state index in [2.05, 4.69) is 65.2 Å². The first-order valence-electron chi connectivity index (χ1n) is 7.07. The highest BCUT2D eigenvalue weighted by atomic mass is 35.5. The van der Waals surface area contributed by atoms with Crippen molar-refractivity contribution in [1.29, 1.82) is 0 Å². The van der Waals surface area contributed by atoms with Gasteiger partial charge in [0.15, 0.2) is 0 Å². The topological polar surface area (TPSA) is 24.1 Å². The van der Waals surface area contributed by atoms with Gasteiger partial charge in [0, 0.05) is 17.6 Å². The van der Waals surface area contributed by atoms with Crippen LogP contribution in [0.25, 0.3) is 0 Å². The van der Waals surface area contributed by atoms with E-state index in [1.807, 2.05) is 0 Å². The molecule has 2 aliphatic rings. The summed E-state index contributed by atoms with van der Waals surface area (Å²) >= 11 is 0. The maximum absolute atomic E-state index is 3.74. The van der Waals surface area contributed by atoms with Crippen molar-refractivity contribution in [3.63, 3.8) is 0 Å². The Bertz CT molecular complexity index is 588. The third kappa shape index (κ3) is 2.76. The van der Waals surface area contributed by atoms with Gasteiger partial charge in [-0.15, -0.1) is 24.8 Å². The molecule has 0 amide bonds. The summed E-state index contributed by atoms with van der Waals surface area (Å²) in [6, 6.07) is 20.5. The van der Waals surface area contributed by atoms with Gasteiger partial charge in [-0.05, 0) is 30.2 Å². The average Bonchev–Trinajstić information content (AvgIpc) is 2.97. The van der Waals surface area contributed by atoms with Gasteiger partial charge in [-0.2, -0.15) is 0 Å². The van der Waals surface area contributed by atoms with Gasteiger partial charge in [0.2, 0.25) is 0 Å². The van der Waals surface area contributed by atoms with Crippen LogP contribution >= 0.6 is 24.8 Å². The number of fused-ring (bicyclic) bond motifs is 3. The fourth-order valence-electron chi connectivity index (χ4n) is 3.59. The third-order valence-corrected chi connectivity index (χ3v) is 4.46. The van der Waals surface area contributed by atoms with Crippen molar-refractivity contribution in [2.24, 2.45) is 5.92 Å². The molecular weight excluding hydrogens is 303 g/mol. The van der Waals surface area contributed by atoms with E-state index in [0.717, 1.165) is 6.54 Å². The minimum absolute atomic E-state index is 0. The Morgan fingerprint density at radius 3 is 2.33 bits per heavy atom. The predicted molar refractivity (Wildman–Crippen MR) is 92.6 cm³/mol. The van der Waals surface area contributed by atoms with E-state index in [0.29, 0.717) is 18.0 Å². The molecule has 4 rings (SSSR count). The number of rotatable bonds is 1. The second-order valence-electron chi connectivity index (χ2n) is 5.50. The fourth-order valence-corrected chi connectivity index (χ4v) is 3.59. The summed E-state index contributed by atoms with van der Waals surface area (Å²) in [5, 5.41) is 7.42. The van der Waals surface area contributed by atoms with Crippen molar-refractivity contribution < 1.29 is 0 Å². The molecule has 112 valence electrons. The van der Waals surface area contributed by atoms with Gasteiger partial charge in [-0.1, -0.05) is 48.5 Å². The highest BCUT2D eigenvalue weighted by Gasteiger charge is 2.39. The van der Waals surface area contributed by atoms with Crippen LogP contribution in [0.15, 0.2) is 54.6 Å². The molecule has 0 aromatic heterocycles. The van der Waals surface area contributed by atoms with E-state index in [9.17, 15) is 0 Å². The largest absolute Gasteiger partial charge is 0.378 e. The Morgan fingerprint density at radius 1 is 0.810 bits per heavy atom. The summed E-state index contributed by atoms with van der Waals surface area (Å²) in [4.78, 5) is 0. The normalized spacial score (nSPS) is 25.6. The predicted octanol–water partition coefficient (Wildman–Crippen LogP) is 4.35. The molecule has 2 nitrogen and oxygen atoms in total. The van der Waals surface area contributed by atoms with Gasteiger partial charge in [-0.25, -0.2) is 0 Å². The Morgan fingerprint density at radius 2 is 1.52 bits per heavy atom. The number of hydrogen-bond donors (Lipinski definition) is 2. The zero-order valence-corrected chi connectivity index (χ0v) is 13.3. The number of anilines is 1. The number of benzene rings is 2. The second kappa shape index (κ2) is 6.69. The zero-order valence-electron chi connectivity index (χ0n) is 11.7. The summed E-state index contributed by atoms with van der Waals surface area (Å²) in [5.41, 5.74) is 4.11. The van der Waals surface area contributed by atoms with Gasteiger partial charge >= 0.3 is 0 Å². The fraction of sp³-hybridized carbons (Fsp3) is 0.294. The van der Waals surface area contributed by atoms with Crippen LogP contribution < -0.4 is 10.6 Å². The van der Waals surface area contributed by atoms with Crippen LogP contribution in [0, 0.1) is 5.92 Å². The lowest BCUT2D eigenvalue weighted by Crippen LogP contribution is -2.32. The third-order valence-electron chi connectivity index (χ3n) is 4.46. The number of para-hydroxylation sites is 1. The molecule has 0 saturated carbocycles. The Hall–Kier alpha value is -1.22. The molecule has 1 saturated heterocycles. The maximum Gasteiger partial charge on any atom is 0.0560 e. The minimum Gasteiger partial charge on any atom is -0.378 e. The molecule has 3 atom stereocenters. The first-order valence-corrected chi connectivity index (χ1v) is 7.07. The molecule has 2 N–H and O–H groups in total. The van der Waals surface area contributed by atoms with Crippen molar-refractivity contribution >= 4 is 30.5 Å². The van der Waals surface area contributed by atoms with Crippen molar-refractivity contribution in [3.8, 4) is 0 Å². The van der Waals surface area contributed by atoms with Gasteiger partial charge in [0.25, 0.3) is 0 Å². The Labute approximate surface area is 138 Å². The smallest absolute Gasteiger partial charge is 0.0560 e. The van der Waals surface area contributed by atoms with E-state index < -0.39 is 0 Å². The van der Waals surface area contributed by atoms with E-state index in [1.165, 1.54) is 23.2 Å². The van der Waals surface area contributed by atoms with Gasteiger partial charge in [0.05, 0.1) is 6.04 Å². The van der Waals surface area contributed by atoms with E-state index >= 15 is 0 Å². The zero-order chi connectivity index (χ0) is 12.7. The SMILES string of the molecule is Cl.Cl.c1ccc(C2Nc3ccccc3C3NCCC23)cc1. The molecule has 2 aromatic carbocycles. The van der Waals surface area contributed by atoms with Gasteiger partial charge in [-0.3, -0.25) is 0 Å².